The van der Waals surface area contributed by atoms with Gasteiger partial charge < -0.3 is 15.8 Å². The lowest BCUT2D eigenvalue weighted by Crippen LogP contribution is -2.33. The maximum absolute atomic E-state index is 11.2. The average molecular weight is 226 g/mol. The largest absolute Gasteiger partial charge is 0.450 e. The molecular formula is C10H18N4O2. The predicted molar refractivity (Wildman–Crippen MR) is 59.9 cm³/mol. The van der Waals surface area contributed by atoms with Gasteiger partial charge in [-0.3, -0.25) is 4.68 Å². The van der Waals surface area contributed by atoms with Gasteiger partial charge in [0.2, 0.25) is 0 Å². The summed E-state index contributed by atoms with van der Waals surface area (Å²) in [6, 6.07) is -0.251. The van der Waals surface area contributed by atoms with Gasteiger partial charge in [0.15, 0.2) is 0 Å². The number of rotatable bonds is 5. The lowest BCUT2D eigenvalue weighted by Gasteiger charge is -2.14. The van der Waals surface area contributed by atoms with Crippen molar-refractivity contribution in [2.24, 2.45) is 5.73 Å². The molecule has 0 radical (unpaired) electrons. The van der Waals surface area contributed by atoms with Gasteiger partial charge in [0.05, 0.1) is 18.8 Å². The Bertz CT molecular complexity index is 337. The van der Waals surface area contributed by atoms with Crippen LogP contribution in [0.15, 0.2) is 12.4 Å². The van der Waals surface area contributed by atoms with Crippen LogP contribution in [0.3, 0.4) is 0 Å². The SMILES string of the molecule is CCOC(=O)NC(CN)c1cnn(CC)c1. The Kier molecular flexibility index (Phi) is 4.78. The molecule has 3 N–H and O–H groups in total. The molecule has 0 saturated carbocycles. The second-order valence-electron chi connectivity index (χ2n) is 3.28. The first-order valence-electron chi connectivity index (χ1n) is 5.36. The molecule has 0 aromatic carbocycles. The normalized spacial score (nSPS) is 12.2. The molecule has 0 saturated heterocycles. The van der Waals surface area contributed by atoms with Gasteiger partial charge in [-0.1, -0.05) is 0 Å². The first-order chi connectivity index (χ1) is 7.71. The Balaban J connectivity index is 2.63. The van der Waals surface area contributed by atoms with Crippen LogP contribution in [-0.2, 0) is 11.3 Å². The summed E-state index contributed by atoms with van der Waals surface area (Å²) in [5, 5.41) is 6.81. The van der Waals surface area contributed by atoms with Gasteiger partial charge >= 0.3 is 6.09 Å². The lowest BCUT2D eigenvalue weighted by atomic mass is 10.2. The molecule has 1 rings (SSSR count). The number of nitrogens with one attached hydrogen (secondary N) is 1. The molecule has 6 heteroatoms. The summed E-state index contributed by atoms with van der Waals surface area (Å²) in [7, 11) is 0. The molecule has 6 nitrogen and oxygen atoms in total. The molecule has 0 bridgehead atoms. The number of aryl methyl sites for hydroxylation is 1. The van der Waals surface area contributed by atoms with Crippen molar-refractivity contribution in [2.75, 3.05) is 13.2 Å². The van der Waals surface area contributed by atoms with E-state index in [9.17, 15) is 4.79 Å². The smallest absolute Gasteiger partial charge is 0.407 e. The summed E-state index contributed by atoms with van der Waals surface area (Å²) in [5.41, 5.74) is 6.48. The van der Waals surface area contributed by atoms with E-state index < -0.39 is 6.09 Å². The van der Waals surface area contributed by atoms with Crippen molar-refractivity contribution in [3.63, 3.8) is 0 Å². The first kappa shape index (κ1) is 12.5. The predicted octanol–water partition coefficient (Wildman–Crippen LogP) is 0.649. The van der Waals surface area contributed by atoms with Crippen LogP contribution in [0.1, 0.15) is 25.5 Å². The third kappa shape index (κ3) is 3.23. The number of carbonyl (C=O) groups is 1. The second-order valence-corrected chi connectivity index (χ2v) is 3.28. The maximum Gasteiger partial charge on any atom is 0.407 e. The van der Waals surface area contributed by atoms with Crippen LogP contribution in [0.4, 0.5) is 4.79 Å². The number of ether oxygens (including phenoxy) is 1. The van der Waals surface area contributed by atoms with Gasteiger partial charge in [0.1, 0.15) is 0 Å². The van der Waals surface area contributed by atoms with Crippen molar-refractivity contribution >= 4 is 6.09 Å². The highest BCUT2D eigenvalue weighted by atomic mass is 16.5. The summed E-state index contributed by atoms with van der Waals surface area (Å²) < 4.78 is 6.58. The fraction of sp³-hybridized carbons (Fsp3) is 0.600. The van der Waals surface area contributed by atoms with Crippen LogP contribution in [0, 0.1) is 0 Å². The average Bonchev–Trinajstić information content (AvgIpc) is 2.74. The van der Waals surface area contributed by atoms with Crippen LogP contribution in [0.2, 0.25) is 0 Å². The van der Waals surface area contributed by atoms with Crippen molar-refractivity contribution in [2.45, 2.75) is 26.4 Å². The number of aromatic nitrogens is 2. The summed E-state index contributed by atoms with van der Waals surface area (Å²) in [6.45, 7) is 5.20. The van der Waals surface area contributed by atoms with Gasteiger partial charge in [0.25, 0.3) is 0 Å². The highest BCUT2D eigenvalue weighted by Gasteiger charge is 2.14. The third-order valence-electron chi connectivity index (χ3n) is 2.18. The Morgan fingerprint density at radius 3 is 2.94 bits per heavy atom. The molecule has 0 aliphatic heterocycles. The summed E-state index contributed by atoms with van der Waals surface area (Å²) in [5.74, 6) is 0. The molecule has 1 aromatic heterocycles. The monoisotopic (exact) mass is 226 g/mol. The fourth-order valence-electron chi connectivity index (χ4n) is 1.33. The molecule has 1 unspecified atom stereocenters. The zero-order chi connectivity index (χ0) is 12.0. The van der Waals surface area contributed by atoms with E-state index in [0.29, 0.717) is 13.2 Å². The number of carbonyl (C=O) groups excluding carboxylic acids is 1. The number of amides is 1. The van der Waals surface area contributed by atoms with Gasteiger partial charge in [-0.2, -0.15) is 5.10 Å². The van der Waals surface area contributed by atoms with Crippen LogP contribution < -0.4 is 11.1 Å². The highest BCUT2D eigenvalue weighted by Crippen LogP contribution is 2.10. The molecule has 1 aromatic rings. The zero-order valence-electron chi connectivity index (χ0n) is 9.64. The summed E-state index contributed by atoms with van der Waals surface area (Å²) >= 11 is 0. The van der Waals surface area contributed by atoms with Gasteiger partial charge in [0, 0.05) is 24.8 Å². The molecule has 1 atom stereocenters. The van der Waals surface area contributed by atoms with E-state index in [4.69, 9.17) is 10.5 Å². The van der Waals surface area contributed by atoms with Crippen molar-refractivity contribution in [1.82, 2.24) is 15.1 Å². The molecular weight excluding hydrogens is 208 g/mol. The zero-order valence-corrected chi connectivity index (χ0v) is 9.64. The molecule has 0 aliphatic carbocycles. The van der Waals surface area contributed by atoms with E-state index in [1.54, 1.807) is 17.8 Å². The van der Waals surface area contributed by atoms with E-state index in [-0.39, 0.29) is 6.04 Å². The molecule has 1 amide bonds. The number of alkyl carbamates (subject to hydrolysis) is 1. The van der Waals surface area contributed by atoms with E-state index in [0.717, 1.165) is 12.1 Å². The topological polar surface area (TPSA) is 82.2 Å². The first-order valence-corrected chi connectivity index (χ1v) is 5.36. The Labute approximate surface area is 94.8 Å². The number of nitrogens with zero attached hydrogens (tertiary/aromatic N) is 2. The van der Waals surface area contributed by atoms with Crippen molar-refractivity contribution in [3.05, 3.63) is 18.0 Å². The van der Waals surface area contributed by atoms with Gasteiger partial charge in [-0.25, -0.2) is 4.79 Å². The van der Waals surface area contributed by atoms with Crippen molar-refractivity contribution < 1.29 is 9.53 Å². The van der Waals surface area contributed by atoms with E-state index in [1.807, 2.05) is 13.1 Å². The van der Waals surface area contributed by atoms with E-state index >= 15 is 0 Å². The minimum absolute atomic E-state index is 0.251. The highest BCUT2D eigenvalue weighted by molar-refractivity contribution is 5.67. The summed E-state index contributed by atoms with van der Waals surface area (Å²) in [6.07, 6.45) is 3.11. The molecule has 90 valence electrons. The second kappa shape index (κ2) is 6.12. The quantitative estimate of drug-likeness (QED) is 0.772. The minimum Gasteiger partial charge on any atom is -0.450 e. The lowest BCUT2D eigenvalue weighted by molar-refractivity contribution is 0.148. The minimum atomic E-state index is -0.456. The summed E-state index contributed by atoms with van der Waals surface area (Å²) in [4.78, 5) is 11.2. The Morgan fingerprint density at radius 1 is 1.69 bits per heavy atom. The van der Waals surface area contributed by atoms with Crippen LogP contribution in [0.25, 0.3) is 0 Å². The Morgan fingerprint density at radius 2 is 2.44 bits per heavy atom. The van der Waals surface area contributed by atoms with Crippen molar-refractivity contribution in [3.8, 4) is 0 Å². The van der Waals surface area contributed by atoms with Crippen LogP contribution in [0.5, 0.6) is 0 Å². The third-order valence-corrected chi connectivity index (χ3v) is 2.18. The Hall–Kier alpha value is -1.56. The molecule has 0 aliphatic rings. The van der Waals surface area contributed by atoms with Gasteiger partial charge in [-0.15, -0.1) is 0 Å². The van der Waals surface area contributed by atoms with Crippen LogP contribution >= 0.6 is 0 Å². The van der Waals surface area contributed by atoms with Gasteiger partial charge in [-0.05, 0) is 13.8 Å². The molecule has 0 spiro atoms. The fourth-order valence-corrected chi connectivity index (χ4v) is 1.33. The standard InChI is InChI=1S/C10H18N4O2/c1-3-14-7-8(6-12-14)9(5-11)13-10(15)16-4-2/h6-7,9H,3-5,11H2,1-2H3,(H,13,15). The maximum atomic E-state index is 11.2. The van der Waals surface area contributed by atoms with Crippen LogP contribution in [-0.4, -0.2) is 29.0 Å². The van der Waals surface area contributed by atoms with E-state index in [2.05, 4.69) is 10.4 Å². The molecule has 0 fully saturated rings. The number of hydrogen-bond acceptors (Lipinski definition) is 4. The number of nitrogens with two attached hydrogens (primary N) is 1. The molecule has 16 heavy (non-hydrogen) atoms. The molecule has 1 heterocycles. The van der Waals surface area contributed by atoms with Crippen molar-refractivity contribution in [1.29, 1.82) is 0 Å². The van der Waals surface area contributed by atoms with E-state index in [1.165, 1.54) is 0 Å². The number of hydrogen-bond donors (Lipinski definition) is 2.